The molecular formula is C12H22N2O3. The van der Waals surface area contributed by atoms with Gasteiger partial charge in [-0.2, -0.15) is 0 Å². The number of nitrogens with one attached hydrogen (secondary N) is 2. The molecule has 1 saturated carbocycles. The maximum Gasteiger partial charge on any atom is 0.407 e. The van der Waals surface area contributed by atoms with Crippen molar-refractivity contribution in [3.8, 4) is 0 Å². The van der Waals surface area contributed by atoms with E-state index in [-0.39, 0.29) is 5.91 Å². The van der Waals surface area contributed by atoms with Crippen LogP contribution in [0.4, 0.5) is 4.79 Å². The third kappa shape index (κ3) is 5.06. The van der Waals surface area contributed by atoms with Gasteiger partial charge in [-0.25, -0.2) is 4.79 Å². The molecule has 1 aliphatic carbocycles. The van der Waals surface area contributed by atoms with Crippen LogP contribution in [-0.4, -0.2) is 30.7 Å². The molecule has 5 heteroatoms. The van der Waals surface area contributed by atoms with Gasteiger partial charge in [0.05, 0.1) is 6.61 Å². The number of alkyl carbamates (subject to hydrolysis) is 1. The molecule has 0 aromatic carbocycles. The molecule has 0 radical (unpaired) electrons. The van der Waals surface area contributed by atoms with Gasteiger partial charge in [-0.3, -0.25) is 4.79 Å². The molecule has 2 amide bonds. The van der Waals surface area contributed by atoms with Crippen LogP contribution in [0.3, 0.4) is 0 Å². The molecular weight excluding hydrogens is 220 g/mol. The molecule has 2 N–H and O–H groups in total. The molecule has 0 spiro atoms. The number of amides is 2. The Hall–Kier alpha value is -1.26. The summed E-state index contributed by atoms with van der Waals surface area (Å²) in [7, 11) is 0. The van der Waals surface area contributed by atoms with Crippen molar-refractivity contribution in [1.29, 1.82) is 0 Å². The number of carbonyl (C=O) groups excluding carboxylic acids is 2. The molecule has 0 bridgehead atoms. The van der Waals surface area contributed by atoms with Crippen LogP contribution in [0.15, 0.2) is 0 Å². The number of carbonyl (C=O) groups is 2. The Morgan fingerprint density at radius 3 is 2.41 bits per heavy atom. The van der Waals surface area contributed by atoms with Crippen LogP contribution in [0.1, 0.15) is 40.0 Å². The monoisotopic (exact) mass is 242 g/mol. The first-order chi connectivity index (χ1) is 7.99. The summed E-state index contributed by atoms with van der Waals surface area (Å²) in [5.41, 5.74) is 0. The number of ether oxygens (including phenoxy) is 1. The molecule has 0 aromatic rings. The van der Waals surface area contributed by atoms with Gasteiger partial charge in [0, 0.05) is 6.04 Å². The van der Waals surface area contributed by atoms with Crippen molar-refractivity contribution < 1.29 is 14.3 Å². The van der Waals surface area contributed by atoms with Crippen LogP contribution in [-0.2, 0) is 9.53 Å². The van der Waals surface area contributed by atoms with E-state index >= 15 is 0 Å². The maximum atomic E-state index is 11.6. The van der Waals surface area contributed by atoms with Crippen LogP contribution < -0.4 is 10.6 Å². The molecule has 17 heavy (non-hydrogen) atoms. The Kier molecular flexibility index (Phi) is 5.25. The fraction of sp³-hybridized carbons (Fsp3) is 0.833. The second-order valence-corrected chi connectivity index (χ2v) is 4.99. The molecule has 1 aliphatic rings. The summed E-state index contributed by atoms with van der Waals surface area (Å²) in [4.78, 5) is 23.0. The Balaban J connectivity index is 2.19. The second kappa shape index (κ2) is 6.47. The standard InChI is InChI=1S/C12H22N2O3/c1-8(2)7-17-12(16)13-9(3)11(15)14-10-5-4-6-10/h8-10H,4-7H2,1-3H3,(H,13,16)(H,14,15). The number of rotatable bonds is 5. The summed E-state index contributed by atoms with van der Waals surface area (Å²) in [6, 6.07) is -0.256. The lowest BCUT2D eigenvalue weighted by Gasteiger charge is -2.27. The van der Waals surface area contributed by atoms with Gasteiger partial charge in [0.1, 0.15) is 6.04 Å². The van der Waals surface area contributed by atoms with Crippen molar-refractivity contribution in [2.75, 3.05) is 6.61 Å². The van der Waals surface area contributed by atoms with Crippen LogP contribution >= 0.6 is 0 Å². The van der Waals surface area contributed by atoms with E-state index in [2.05, 4.69) is 10.6 Å². The highest BCUT2D eigenvalue weighted by Gasteiger charge is 2.23. The van der Waals surface area contributed by atoms with E-state index in [9.17, 15) is 9.59 Å². The van der Waals surface area contributed by atoms with E-state index in [0.29, 0.717) is 18.6 Å². The minimum absolute atomic E-state index is 0.142. The van der Waals surface area contributed by atoms with Crippen LogP contribution in [0.2, 0.25) is 0 Å². The van der Waals surface area contributed by atoms with E-state index in [1.54, 1.807) is 6.92 Å². The van der Waals surface area contributed by atoms with E-state index in [4.69, 9.17) is 4.74 Å². The largest absolute Gasteiger partial charge is 0.449 e. The normalized spacial score (nSPS) is 17.2. The van der Waals surface area contributed by atoms with Crippen molar-refractivity contribution >= 4 is 12.0 Å². The van der Waals surface area contributed by atoms with E-state index in [0.717, 1.165) is 12.8 Å². The molecule has 5 nitrogen and oxygen atoms in total. The fourth-order valence-electron chi connectivity index (χ4n) is 1.41. The van der Waals surface area contributed by atoms with Crippen molar-refractivity contribution in [2.45, 2.75) is 52.1 Å². The first-order valence-electron chi connectivity index (χ1n) is 6.22. The van der Waals surface area contributed by atoms with Crippen LogP contribution in [0, 0.1) is 5.92 Å². The zero-order valence-electron chi connectivity index (χ0n) is 10.8. The van der Waals surface area contributed by atoms with Crippen molar-refractivity contribution in [3.63, 3.8) is 0 Å². The second-order valence-electron chi connectivity index (χ2n) is 4.99. The zero-order chi connectivity index (χ0) is 12.8. The lowest BCUT2D eigenvalue weighted by molar-refractivity contribution is -0.123. The minimum Gasteiger partial charge on any atom is -0.449 e. The molecule has 0 aromatic heterocycles. The molecule has 0 saturated heterocycles. The van der Waals surface area contributed by atoms with Gasteiger partial charge in [-0.1, -0.05) is 13.8 Å². The fourth-order valence-corrected chi connectivity index (χ4v) is 1.41. The number of hydrogen-bond donors (Lipinski definition) is 2. The SMILES string of the molecule is CC(C)COC(=O)NC(C)C(=O)NC1CCC1. The summed E-state index contributed by atoms with van der Waals surface area (Å²) < 4.78 is 4.94. The first-order valence-corrected chi connectivity index (χ1v) is 6.22. The highest BCUT2D eigenvalue weighted by Crippen LogP contribution is 2.17. The lowest BCUT2D eigenvalue weighted by atomic mass is 9.93. The topological polar surface area (TPSA) is 67.4 Å². The van der Waals surface area contributed by atoms with Gasteiger partial charge in [0.15, 0.2) is 0 Å². The Bertz CT molecular complexity index is 275. The Morgan fingerprint density at radius 2 is 1.94 bits per heavy atom. The summed E-state index contributed by atoms with van der Waals surface area (Å²) in [5.74, 6) is 0.149. The molecule has 0 heterocycles. The van der Waals surface area contributed by atoms with Crippen molar-refractivity contribution in [3.05, 3.63) is 0 Å². The van der Waals surface area contributed by atoms with Gasteiger partial charge < -0.3 is 15.4 Å². The average molecular weight is 242 g/mol. The molecule has 1 unspecified atom stereocenters. The van der Waals surface area contributed by atoms with E-state index in [1.807, 2.05) is 13.8 Å². The van der Waals surface area contributed by atoms with Gasteiger partial charge in [0.25, 0.3) is 0 Å². The van der Waals surface area contributed by atoms with Crippen LogP contribution in [0.5, 0.6) is 0 Å². The quantitative estimate of drug-likeness (QED) is 0.766. The summed E-state index contributed by atoms with van der Waals surface area (Å²) in [6.45, 7) is 5.94. The predicted molar refractivity (Wildman–Crippen MR) is 64.6 cm³/mol. The van der Waals surface area contributed by atoms with Gasteiger partial charge >= 0.3 is 6.09 Å². The average Bonchev–Trinajstić information content (AvgIpc) is 2.20. The highest BCUT2D eigenvalue weighted by molar-refractivity contribution is 5.85. The van der Waals surface area contributed by atoms with Crippen molar-refractivity contribution in [1.82, 2.24) is 10.6 Å². The van der Waals surface area contributed by atoms with Gasteiger partial charge in [0.2, 0.25) is 5.91 Å². The smallest absolute Gasteiger partial charge is 0.407 e. The molecule has 1 rings (SSSR count). The Labute approximate surface area is 102 Å². The van der Waals surface area contributed by atoms with Gasteiger partial charge in [-0.05, 0) is 32.1 Å². The maximum absolute atomic E-state index is 11.6. The lowest BCUT2D eigenvalue weighted by Crippen LogP contribution is -2.50. The predicted octanol–water partition coefficient (Wildman–Crippen LogP) is 1.43. The van der Waals surface area contributed by atoms with E-state index < -0.39 is 12.1 Å². The third-order valence-electron chi connectivity index (χ3n) is 2.73. The highest BCUT2D eigenvalue weighted by atomic mass is 16.5. The third-order valence-corrected chi connectivity index (χ3v) is 2.73. The molecule has 1 fully saturated rings. The molecule has 98 valence electrons. The molecule has 1 atom stereocenters. The molecule has 0 aliphatic heterocycles. The Morgan fingerprint density at radius 1 is 1.29 bits per heavy atom. The minimum atomic E-state index is -0.546. The first kappa shape index (κ1) is 13.8. The zero-order valence-corrected chi connectivity index (χ0v) is 10.8. The summed E-state index contributed by atoms with van der Waals surface area (Å²) in [5, 5.41) is 5.39. The van der Waals surface area contributed by atoms with Gasteiger partial charge in [-0.15, -0.1) is 0 Å². The van der Waals surface area contributed by atoms with Crippen LogP contribution in [0.25, 0.3) is 0 Å². The summed E-state index contributed by atoms with van der Waals surface area (Å²) >= 11 is 0. The van der Waals surface area contributed by atoms with E-state index in [1.165, 1.54) is 6.42 Å². The van der Waals surface area contributed by atoms with Crippen molar-refractivity contribution in [2.24, 2.45) is 5.92 Å². The number of hydrogen-bond acceptors (Lipinski definition) is 3. The summed E-state index contributed by atoms with van der Waals surface area (Å²) in [6.07, 6.45) is 2.71.